The number of nitrogens with zero attached hydrogens (tertiary/aromatic N) is 3. The number of carbonyl (C=O) groups excluding carboxylic acids is 1. The summed E-state index contributed by atoms with van der Waals surface area (Å²) >= 11 is 0. The van der Waals surface area contributed by atoms with Crippen LogP contribution in [-0.2, 0) is 13.1 Å². The Morgan fingerprint density at radius 3 is 2.50 bits per heavy atom. The molecular weight excluding hydrogens is 329 g/mol. The van der Waals surface area contributed by atoms with Gasteiger partial charge in [-0.15, -0.1) is 0 Å². The summed E-state index contributed by atoms with van der Waals surface area (Å²) in [7, 11) is 0. The first-order valence-corrected chi connectivity index (χ1v) is 8.64. The summed E-state index contributed by atoms with van der Waals surface area (Å²) in [5.74, 6) is -0.420. The molecule has 132 valence electrons. The maximum atomic E-state index is 14.5. The van der Waals surface area contributed by atoms with Crippen molar-refractivity contribution in [3.8, 4) is 11.1 Å². The summed E-state index contributed by atoms with van der Waals surface area (Å²) in [4.78, 5) is 22.1. The van der Waals surface area contributed by atoms with Gasteiger partial charge in [0, 0.05) is 30.7 Å². The van der Waals surface area contributed by atoms with Gasteiger partial charge in [0.05, 0.1) is 17.8 Å². The Kier molecular flexibility index (Phi) is 5.37. The number of carbonyl (C=O) groups is 1. The first kappa shape index (κ1) is 17.7. The van der Waals surface area contributed by atoms with Crippen LogP contribution in [0, 0.1) is 5.82 Å². The van der Waals surface area contributed by atoms with Crippen molar-refractivity contribution in [2.24, 2.45) is 0 Å². The third kappa shape index (κ3) is 3.47. The molecule has 0 bridgehead atoms. The first-order chi connectivity index (χ1) is 12.7. The summed E-state index contributed by atoms with van der Waals surface area (Å²) in [5.41, 5.74) is 3.54. The number of hydrogen-bond acceptors (Lipinski definition) is 3. The molecular formula is C21H20FN3O. The van der Waals surface area contributed by atoms with Gasteiger partial charge in [-0.2, -0.15) is 0 Å². The minimum atomic E-state index is -0.318. The van der Waals surface area contributed by atoms with E-state index >= 15 is 0 Å². The maximum absolute atomic E-state index is 14.5. The summed E-state index contributed by atoms with van der Waals surface area (Å²) in [6, 6.07) is 12.3. The Hall–Kier alpha value is -3.08. The third-order valence-corrected chi connectivity index (χ3v) is 4.18. The number of rotatable bonds is 3. The predicted octanol–water partition coefficient (Wildman–Crippen LogP) is 4.46. The van der Waals surface area contributed by atoms with Crippen LogP contribution in [0.1, 0.15) is 35.5 Å². The molecule has 0 unspecified atom stereocenters. The molecule has 1 aliphatic rings. The van der Waals surface area contributed by atoms with Gasteiger partial charge in [0.25, 0.3) is 5.91 Å². The minimum absolute atomic E-state index is 0.101. The standard InChI is InChI=1S/C19H14FN3O.C2H6/c20-17-10-14(13-5-8-21-9-6-13)3-4-15(17)11-23-12-18-16(19(23)24)2-1-7-22-18;1-2/h1-10H,11-12H2;1-2H3. The number of aromatic nitrogens is 2. The molecule has 3 aromatic rings. The van der Waals surface area contributed by atoms with Gasteiger partial charge in [-0.25, -0.2) is 4.39 Å². The molecule has 26 heavy (non-hydrogen) atoms. The molecule has 0 atom stereocenters. The molecule has 0 fully saturated rings. The molecule has 0 N–H and O–H groups in total. The molecule has 1 aromatic carbocycles. The van der Waals surface area contributed by atoms with E-state index in [1.165, 1.54) is 6.07 Å². The van der Waals surface area contributed by atoms with Crippen LogP contribution in [0.4, 0.5) is 4.39 Å². The number of pyridine rings is 2. The molecule has 0 saturated carbocycles. The van der Waals surface area contributed by atoms with Crippen molar-refractivity contribution in [1.29, 1.82) is 0 Å². The SMILES string of the molecule is CC.O=C1c2cccnc2CN1Cc1ccc(-c2ccncc2)cc1F. The smallest absolute Gasteiger partial charge is 0.256 e. The average molecular weight is 349 g/mol. The molecule has 0 radical (unpaired) electrons. The van der Waals surface area contributed by atoms with E-state index in [1.807, 2.05) is 32.0 Å². The van der Waals surface area contributed by atoms with Crippen LogP contribution < -0.4 is 0 Å². The number of fused-ring (bicyclic) bond motifs is 1. The molecule has 0 saturated heterocycles. The van der Waals surface area contributed by atoms with E-state index in [2.05, 4.69) is 9.97 Å². The highest BCUT2D eigenvalue weighted by Gasteiger charge is 2.28. The zero-order chi connectivity index (χ0) is 18.5. The molecule has 2 aromatic heterocycles. The molecule has 1 aliphatic heterocycles. The Morgan fingerprint density at radius 2 is 1.81 bits per heavy atom. The van der Waals surface area contributed by atoms with Gasteiger partial charge < -0.3 is 4.90 Å². The summed E-state index contributed by atoms with van der Waals surface area (Å²) in [6.07, 6.45) is 5.02. The molecule has 5 heteroatoms. The minimum Gasteiger partial charge on any atom is -0.328 e. The van der Waals surface area contributed by atoms with Crippen molar-refractivity contribution in [3.05, 3.63) is 83.7 Å². The van der Waals surface area contributed by atoms with E-state index in [-0.39, 0.29) is 18.3 Å². The summed E-state index contributed by atoms with van der Waals surface area (Å²) in [5, 5.41) is 0. The van der Waals surface area contributed by atoms with Crippen LogP contribution >= 0.6 is 0 Å². The molecule has 3 heterocycles. The highest BCUT2D eigenvalue weighted by atomic mass is 19.1. The lowest BCUT2D eigenvalue weighted by Gasteiger charge is -2.16. The van der Waals surface area contributed by atoms with Crippen molar-refractivity contribution >= 4 is 5.91 Å². The zero-order valence-corrected chi connectivity index (χ0v) is 14.8. The molecule has 4 nitrogen and oxygen atoms in total. The number of benzene rings is 1. The summed E-state index contributed by atoms with van der Waals surface area (Å²) < 4.78 is 14.5. The van der Waals surface area contributed by atoms with E-state index in [0.29, 0.717) is 17.7 Å². The third-order valence-electron chi connectivity index (χ3n) is 4.18. The van der Waals surface area contributed by atoms with Gasteiger partial charge in [0.15, 0.2) is 0 Å². The van der Waals surface area contributed by atoms with Gasteiger partial charge in [-0.05, 0) is 41.5 Å². The fourth-order valence-electron chi connectivity index (χ4n) is 2.91. The van der Waals surface area contributed by atoms with Crippen LogP contribution in [0.2, 0.25) is 0 Å². The van der Waals surface area contributed by atoms with E-state index in [1.54, 1.807) is 41.7 Å². The van der Waals surface area contributed by atoms with Gasteiger partial charge in [-0.3, -0.25) is 14.8 Å². The van der Waals surface area contributed by atoms with Crippen molar-refractivity contribution in [2.75, 3.05) is 0 Å². The monoisotopic (exact) mass is 349 g/mol. The predicted molar refractivity (Wildman–Crippen MR) is 98.8 cm³/mol. The normalized spacial score (nSPS) is 12.4. The highest BCUT2D eigenvalue weighted by molar-refractivity contribution is 5.97. The lowest BCUT2D eigenvalue weighted by molar-refractivity contribution is 0.0765. The van der Waals surface area contributed by atoms with Crippen molar-refractivity contribution < 1.29 is 9.18 Å². The van der Waals surface area contributed by atoms with Gasteiger partial charge in [0.1, 0.15) is 5.82 Å². The summed E-state index contributed by atoms with van der Waals surface area (Å²) in [6.45, 7) is 4.65. The van der Waals surface area contributed by atoms with Crippen molar-refractivity contribution in [1.82, 2.24) is 14.9 Å². The molecule has 4 rings (SSSR count). The molecule has 0 aliphatic carbocycles. The van der Waals surface area contributed by atoms with E-state index in [9.17, 15) is 9.18 Å². The van der Waals surface area contributed by atoms with Crippen LogP contribution in [-0.4, -0.2) is 20.8 Å². The Morgan fingerprint density at radius 1 is 1.04 bits per heavy atom. The lowest BCUT2D eigenvalue weighted by atomic mass is 10.0. The highest BCUT2D eigenvalue weighted by Crippen LogP contribution is 2.25. The van der Waals surface area contributed by atoms with E-state index in [0.717, 1.165) is 16.8 Å². The van der Waals surface area contributed by atoms with E-state index < -0.39 is 0 Å². The first-order valence-electron chi connectivity index (χ1n) is 8.64. The van der Waals surface area contributed by atoms with Gasteiger partial charge >= 0.3 is 0 Å². The fourth-order valence-corrected chi connectivity index (χ4v) is 2.91. The fraction of sp³-hybridized carbons (Fsp3) is 0.190. The number of halogens is 1. The van der Waals surface area contributed by atoms with Gasteiger partial charge in [0.2, 0.25) is 0 Å². The Balaban J connectivity index is 0.000000948. The second kappa shape index (κ2) is 7.87. The zero-order valence-electron chi connectivity index (χ0n) is 14.8. The Bertz CT molecular complexity index is 912. The largest absolute Gasteiger partial charge is 0.328 e. The lowest BCUT2D eigenvalue weighted by Crippen LogP contribution is -2.23. The Labute approximate surface area is 152 Å². The van der Waals surface area contributed by atoms with Crippen LogP contribution in [0.25, 0.3) is 11.1 Å². The molecule has 1 amide bonds. The second-order valence-corrected chi connectivity index (χ2v) is 5.70. The van der Waals surface area contributed by atoms with Crippen LogP contribution in [0.3, 0.4) is 0 Å². The van der Waals surface area contributed by atoms with Gasteiger partial charge in [-0.1, -0.05) is 26.0 Å². The van der Waals surface area contributed by atoms with Crippen LogP contribution in [0.15, 0.2) is 61.1 Å². The second-order valence-electron chi connectivity index (χ2n) is 5.70. The molecule has 0 spiro atoms. The van der Waals surface area contributed by atoms with E-state index in [4.69, 9.17) is 0 Å². The van der Waals surface area contributed by atoms with Crippen LogP contribution in [0.5, 0.6) is 0 Å². The van der Waals surface area contributed by atoms with Crippen molar-refractivity contribution in [2.45, 2.75) is 26.9 Å². The van der Waals surface area contributed by atoms with Crippen molar-refractivity contribution in [3.63, 3.8) is 0 Å². The number of hydrogen-bond donors (Lipinski definition) is 0. The number of amides is 1. The topological polar surface area (TPSA) is 46.1 Å². The maximum Gasteiger partial charge on any atom is 0.256 e. The quantitative estimate of drug-likeness (QED) is 0.701. The average Bonchev–Trinajstić information content (AvgIpc) is 3.01.